The Hall–Kier alpha value is -1.49. The molecule has 2 amide bonds. The second-order valence-electron chi connectivity index (χ2n) is 4.51. The van der Waals surface area contributed by atoms with Crippen molar-refractivity contribution in [2.75, 3.05) is 17.3 Å². The Bertz CT molecular complexity index is 423. The number of anilines is 1. The molecule has 0 radical (unpaired) electrons. The average molecular weight is 294 g/mol. The first-order valence-electron chi connectivity index (χ1n) is 6.81. The number of rotatable bonds is 8. The number of hydrogen-bond acceptors (Lipinski definition) is 3. The maximum atomic E-state index is 12.2. The summed E-state index contributed by atoms with van der Waals surface area (Å²) in [5.41, 5.74) is 0.747. The number of amides is 2. The van der Waals surface area contributed by atoms with Crippen LogP contribution in [0.3, 0.4) is 0 Å². The molecule has 20 heavy (non-hydrogen) atoms. The van der Waals surface area contributed by atoms with E-state index >= 15 is 0 Å². The van der Waals surface area contributed by atoms with Crippen molar-refractivity contribution < 1.29 is 9.59 Å². The Morgan fingerprint density at radius 2 is 1.95 bits per heavy atom. The summed E-state index contributed by atoms with van der Waals surface area (Å²) in [6.45, 7) is 1.94. The third-order valence-corrected chi connectivity index (χ3v) is 3.42. The van der Waals surface area contributed by atoms with Crippen LogP contribution in [0.2, 0.25) is 0 Å². The highest BCUT2D eigenvalue weighted by Gasteiger charge is 2.19. The number of carbonyl (C=O) groups excluding carboxylic acids is 2. The van der Waals surface area contributed by atoms with Gasteiger partial charge in [-0.2, -0.15) is 11.8 Å². The van der Waals surface area contributed by atoms with E-state index in [9.17, 15) is 9.59 Å². The van der Waals surface area contributed by atoms with Crippen LogP contribution in [-0.2, 0) is 9.59 Å². The van der Waals surface area contributed by atoms with Gasteiger partial charge in [-0.05, 0) is 37.0 Å². The molecule has 0 spiro atoms. The summed E-state index contributed by atoms with van der Waals surface area (Å²) in [6, 6.07) is 8.81. The Labute approximate surface area is 124 Å². The van der Waals surface area contributed by atoms with Crippen molar-refractivity contribution in [1.29, 1.82) is 0 Å². The molecule has 1 atom stereocenters. The molecule has 0 aliphatic rings. The van der Waals surface area contributed by atoms with E-state index in [1.54, 1.807) is 11.8 Å². The lowest BCUT2D eigenvalue weighted by Gasteiger charge is -2.18. The zero-order valence-corrected chi connectivity index (χ0v) is 12.8. The maximum absolute atomic E-state index is 12.2. The molecular weight excluding hydrogens is 272 g/mol. The predicted molar refractivity (Wildman–Crippen MR) is 84.9 cm³/mol. The fraction of sp³-hybridized carbons (Fsp3) is 0.467. The van der Waals surface area contributed by atoms with Crippen LogP contribution in [-0.4, -0.2) is 29.9 Å². The zero-order chi connectivity index (χ0) is 14.8. The number of hydrogen-bond donors (Lipinski definition) is 2. The van der Waals surface area contributed by atoms with Crippen molar-refractivity contribution in [3.63, 3.8) is 0 Å². The topological polar surface area (TPSA) is 58.2 Å². The Morgan fingerprint density at radius 1 is 1.25 bits per heavy atom. The van der Waals surface area contributed by atoms with Gasteiger partial charge in [0.15, 0.2) is 0 Å². The van der Waals surface area contributed by atoms with Crippen LogP contribution in [0.5, 0.6) is 0 Å². The number of benzene rings is 1. The van der Waals surface area contributed by atoms with Crippen LogP contribution in [0, 0.1) is 0 Å². The molecule has 0 aliphatic carbocycles. The lowest BCUT2D eigenvalue weighted by atomic mass is 10.2. The smallest absolute Gasteiger partial charge is 0.246 e. The first-order valence-corrected chi connectivity index (χ1v) is 8.21. The van der Waals surface area contributed by atoms with Gasteiger partial charge in [0, 0.05) is 12.1 Å². The highest BCUT2D eigenvalue weighted by atomic mass is 32.2. The van der Waals surface area contributed by atoms with Crippen LogP contribution in [0.1, 0.15) is 26.2 Å². The summed E-state index contributed by atoms with van der Waals surface area (Å²) in [5.74, 6) is 0.607. The largest absolute Gasteiger partial charge is 0.344 e. The van der Waals surface area contributed by atoms with Gasteiger partial charge in [-0.25, -0.2) is 0 Å². The first-order chi connectivity index (χ1) is 9.67. The van der Waals surface area contributed by atoms with E-state index in [1.165, 1.54) is 0 Å². The van der Waals surface area contributed by atoms with Crippen molar-refractivity contribution in [2.24, 2.45) is 0 Å². The minimum Gasteiger partial charge on any atom is -0.344 e. The van der Waals surface area contributed by atoms with Crippen molar-refractivity contribution in [1.82, 2.24) is 5.32 Å². The van der Waals surface area contributed by atoms with Gasteiger partial charge >= 0.3 is 0 Å². The third-order valence-electron chi connectivity index (χ3n) is 2.78. The van der Waals surface area contributed by atoms with E-state index in [0.717, 1.165) is 17.9 Å². The molecule has 0 aliphatic heterocycles. The molecule has 5 heteroatoms. The first kappa shape index (κ1) is 16.6. The van der Waals surface area contributed by atoms with Crippen LogP contribution >= 0.6 is 11.8 Å². The van der Waals surface area contributed by atoms with Crippen molar-refractivity contribution in [3.8, 4) is 0 Å². The lowest BCUT2D eigenvalue weighted by Crippen LogP contribution is -2.44. The second-order valence-corrected chi connectivity index (χ2v) is 5.49. The van der Waals surface area contributed by atoms with Crippen molar-refractivity contribution >= 4 is 29.3 Å². The molecule has 0 unspecified atom stereocenters. The SMILES string of the molecule is CCCC(=O)N[C@@H](CCSC)C(=O)Nc1ccccc1. The highest BCUT2D eigenvalue weighted by Crippen LogP contribution is 2.08. The van der Waals surface area contributed by atoms with E-state index in [4.69, 9.17) is 0 Å². The lowest BCUT2D eigenvalue weighted by molar-refractivity contribution is -0.126. The van der Waals surface area contributed by atoms with Crippen molar-refractivity contribution in [3.05, 3.63) is 30.3 Å². The second kappa shape index (κ2) is 9.42. The molecule has 0 saturated carbocycles. The van der Waals surface area contributed by atoms with E-state index in [0.29, 0.717) is 12.8 Å². The minimum absolute atomic E-state index is 0.0678. The molecular formula is C15H22N2O2S. The molecule has 1 aromatic rings. The van der Waals surface area contributed by atoms with E-state index in [2.05, 4.69) is 10.6 Å². The Kier molecular flexibility index (Phi) is 7.80. The van der Waals surface area contributed by atoms with Crippen LogP contribution in [0.4, 0.5) is 5.69 Å². The van der Waals surface area contributed by atoms with Gasteiger partial charge in [0.05, 0.1) is 0 Å². The molecule has 0 aromatic heterocycles. The molecule has 1 aromatic carbocycles. The molecule has 4 nitrogen and oxygen atoms in total. The van der Waals surface area contributed by atoms with Gasteiger partial charge < -0.3 is 10.6 Å². The standard InChI is InChI=1S/C15H22N2O2S/c1-3-7-14(18)17-13(10-11-20-2)15(19)16-12-8-5-4-6-9-12/h4-6,8-9,13H,3,7,10-11H2,1-2H3,(H,16,19)(H,17,18)/t13-/m0/s1. The molecule has 2 N–H and O–H groups in total. The number of thioether (sulfide) groups is 1. The fourth-order valence-corrected chi connectivity index (χ4v) is 2.22. The van der Waals surface area contributed by atoms with Gasteiger partial charge in [-0.1, -0.05) is 25.1 Å². The summed E-state index contributed by atoms with van der Waals surface area (Å²) < 4.78 is 0. The monoisotopic (exact) mass is 294 g/mol. The Balaban J connectivity index is 2.61. The van der Waals surface area contributed by atoms with Gasteiger partial charge in [0.2, 0.25) is 11.8 Å². The fourth-order valence-electron chi connectivity index (χ4n) is 1.75. The van der Waals surface area contributed by atoms with Gasteiger partial charge in [-0.15, -0.1) is 0 Å². The molecule has 0 saturated heterocycles. The highest BCUT2D eigenvalue weighted by molar-refractivity contribution is 7.98. The molecule has 0 heterocycles. The van der Waals surface area contributed by atoms with E-state index < -0.39 is 6.04 Å². The molecule has 110 valence electrons. The summed E-state index contributed by atoms with van der Waals surface area (Å²) in [5, 5.41) is 5.64. The third kappa shape index (κ3) is 6.10. The predicted octanol–water partition coefficient (Wildman–Crippen LogP) is 2.66. The minimum atomic E-state index is -0.471. The summed E-state index contributed by atoms with van der Waals surface area (Å²) in [7, 11) is 0. The normalized spacial score (nSPS) is 11.7. The zero-order valence-electron chi connectivity index (χ0n) is 12.0. The van der Waals surface area contributed by atoms with E-state index in [1.807, 2.05) is 43.5 Å². The Morgan fingerprint density at radius 3 is 2.55 bits per heavy atom. The molecule has 1 rings (SSSR count). The van der Waals surface area contributed by atoms with Crippen LogP contribution < -0.4 is 10.6 Å². The number of carbonyl (C=O) groups is 2. The number of para-hydroxylation sites is 1. The quantitative estimate of drug-likeness (QED) is 0.775. The van der Waals surface area contributed by atoms with Crippen LogP contribution in [0.25, 0.3) is 0 Å². The molecule has 0 fully saturated rings. The maximum Gasteiger partial charge on any atom is 0.246 e. The van der Waals surface area contributed by atoms with Gasteiger partial charge in [-0.3, -0.25) is 9.59 Å². The van der Waals surface area contributed by atoms with Crippen molar-refractivity contribution in [2.45, 2.75) is 32.2 Å². The summed E-state index contributed by atoms with van der Waals surface area (Å²) >= 11 is 1.66. The van der Waals surface area contributed by atoms with Gasteiger partial charge in [0.1, 0.15) is 6.04 Å². The number of nitrogens with one attached hydrogen (secondary N) is 2. The van der Waals surface area contributed by atoms with E-state index in [-0.39, 0.29) is 11.8 Å². The average Bonchev–Trinajstić information content (AvgIpc) is 2.44. The van der Waals surface area contributed by atoms with Crippen LogP contribution in [0.15, 0.2) is 30.3 Å². The van der Waals surface area contributed by atoms with Gasteiger partial charge in [0.25, 0.3) is 0 Å². The molecule has 0 bridgehead atoms. The summed E-state index contributed by atoms with van der Waals surface area (Å²) in [4.78, 5) is 23.9. The summed E-state index contributed by atoms with van der Waals surface area (Å²) in [6.07, 6.45) is 3.85.